The van der Waals surface area contributed by atoms with E-state index in [0.717, 1.165) is 22.3 Å². The number of halogens is 3. The zero-order valence-corrected chi connectivity index (χ0v) is 13.1. The molecule has 1 aliphatic carbocycles. The van der Waals surface area contributed by atoms with E-state index < -0.39 is 24.9 Å². The smallest absolute Gasteiger partial charge is 0.410 e. The Morgan fingerprint density at radius 1 is 1.08 bits per heavy atom. The van der Waals surface area contributed by atoms with Gasteiger partial charge in [-0.25, -0.2) is 4.79 Å². The second-order valence-corrected chi connectivity index (χ2v) is 5.75. The number of hydrogen-bond donors (Lipinski definition) is 2. The summed E-state index contributed by atoms with van der Waals surface area (Å²) in [6.07, 6.45) is -5.95. The molecular formula is C18H16F3NO3. The van der Waals surface area contributed by atoms with Gasteiger partial charge < -0.3 is 15.2 Å². The first-order valence-electron chi connectivity index (χ1n) is 7.71. The van der Waals surface area contributed by atoms with E-state index in [0.29, 0.717) is 0 Å². The third-order valence-corrected chi connectivity index (χ3v) is 4.21. The molecule has 0 bridgehead atoms. The summed E-state index contributed by atoms with van der Waals surface area (Å²) in [5.74, 6) is -0.239. The van der Waals surface area contributed by atoms with Gasteiger partial charge in [0.1, 0.15) is 6.61 Å². The molecule has 25 heavy (non-hydrogen) atoms. The van der Waals surface area contributed by atoms with Crippen LogP contribution in [0.2, 0.25) is 0 Å². The fraction of sp³-hybridized carbons (Fsp3) is 0.278. The van der Waals surface area contributed by atoms with Crippen LogP contribution in [0.5, 0.6) is 0 Å². The molecule has 0 spiro atoms. The number of alkyl halides is 3. The van der Waals surface area contributed by atoms with E-state index in [9.17, 15) is 18.0 Å². The van der Waals surface area contributed by atoms with E-state index >= 15 is 0 Å². The number of carbonyl (C=O) groups is 1. The monoisotopic (exact) mass is 351 g/mol. The van der Waals surface area contributed by atoms with Crippen molar-refractivity contribution in [3.8, 4) is 11.1 Å². The Labute approximate surface area is 142 Å². The van der Waals surface area contributed by atoms with Crippen molar-refractivity contribution in [3.05, 3.63) is 59.7 Å². The van der Waals surface area contributed by atoms with E-state index in [1.807, 2.05) is 48.5 Å². The maximum Gasteiger partial charge on any atom is 0.410 e. The van der Waals surface area contributed by atoms with Crippen LogP contribution in [0.15, 0.2) is 48.5 Å². The van der Waals surface area contributed by atoms with Crippen molar-refractivity contribution in [2.75, 3.05) is 13.2 Å². The molecule has 2 aromatic rings. The van der Waals surface area contributed by atoms with Gasteiger partial charge >= 0.3 is 12.3 Å². The minimum atomic E-state index is -4.74. The minimum Gasteiger partial charge on any atom is -0.449 e. The quantitative estimate of drug-likeness (QED) is 0.887. The highest BCUT2D eigenvalue weighted by atomic mass is 19.4. The van der Waals surface area contributed by atoms with Crippen molar-refractivity contribution < 1.29 is 27.8 Å². The fourth-order valence-corrected chi connectivity index (χ4v) is 3.01. The van der Waals surface area contributed by atoms with E-state index in [2.05, 4.69) is 0 Å². The van der Waals surface area contributed by atoms with Crippen molar-refractivity contribution >= 4 is 6.09 Å². The first-order chi connectivity index (χ1) is 11.9. The normalized spacial score (nSPS) is 14.6. The molecule has 2 N–H and O–H groups in total. The fourth-order valence-electron chi connectivity index (χ4n) is 3.01. The van der Waals surface area contributed by atoms with Gasteiger partial charge in [0, 0.05) is 5.92 Å². The molecule has 0 saturated heterocycles. The number of ether oxygens (including phenoxy) is 1. The summed E-state index contributed by atoms with van der Waals surface area (Å²) in [5.41, 5.74) is 3.98. The lowest BCUT2D eigenvalue weighted by Gasteiger charge is -2.20. The van der Waals surface area contributed by atoms with Gasteiger partial charge in [-0.1, -0.05) is 48.5 Å². The van der Waals surface area contributed by atoms with Crippen LogP contribution >= 0.6 is 0 Å². The molecule has 1 amide bonds. The summed E-state index contributed by atoms with van der Waals surface area (Å²) in [7, 11) is 0. The van der Waals surface area contributed by atoms with Crippen LogP contribution in [0.1, 0.15) is 17.0 Å². The molecule has 0 saturated carbocycles. The molecule has 0 fully saturated rings. The van der Waals surface area contributed by atoms with Gasteiger partial charge in [0.25, 0.3) is 0 Å². The maximum absolute atomic E-state index is 12.6. The number of fused-ring (bicyclic) bond motifs is 3. The summed E-state index contributed by atoms with van der Waals surface area (Å²) < 4.78 is 42.8. The molecule has 4 nitrogen and oxygen atoms in total. The van der Waals surface area contributed by atoms with E-state index in [-0.39, 0.29) is 12.5 Å². The summed E-state index contributed by atoms with van der Waals surface area (Å²) in [5, 5.41) is 10.4. The lowest BCUT2D eigenvalue weighted by molar-refractivity contribution is -0.162. The molecule has 3 rings (SSSR count). The molecule has 1 atom stereocenters. The lowest BCUT2D eigenvalue weighted by Crippen LogP contribution is -2.48. The molecule has 1 aliphatic rings. The molecule has 0 radical (unpaired) electrons. The standard InChI is InChI=1S/C18H16F3NO3/c19-18(20,21)16(9-23)22-17(24)25-10-15-13-7-3-1-5-11(13)12-6-2-4-8-14(12)15/h1-8,15-16,23H,9-10H2,(H,22,24)/t16-/m0/s1. The Bertz CT molecular complexity index is 731. The van der Waals surface area contributed by atoms with Crippen LogP contribution < -0.4 is 5.32 Å². The summed E-state index contributed by atoms with van der Waals surface area (Å²) in [6.45, 7) is -1.33. The van der Waals surface area contributed by atoms with Gasteiger partial charge in [-0.05, 0) is 22.3 Å². The number of aliphatic hydroxyl groups is 1. The number of aliphatic hydroxyl groups excluding tert-OH is 1. The van der Waals surface area contributed by atoms with Crippen LogP contribution in [-0.2, 0) is 4.74 Å². The van der Waals surface area contributed by atoms with Crippen molar-refractivity contribution in [2.45, 2.75) is 18.1 Å². The molecule has 0 aliphatic heterocycles. The lowest BCUT2D eigenvalue weighted by atomic mass is 9.98. The number of rotatable bonds is 4. The van der Waals surface area contributed by atoms with E-state index in [1.165, 1.54) is 0 Å². The summed E-state index contributed by atoms with van der Waals surface area (Å²) in [4.78, 5) is 11.7. The van der Waals surface area contributed by atoms with Crippen LogP contribution in [-0.4, -0.2) is 36.6 Å². The highest BCUT2D eigenvalue weighted by molar-refractivity contribution is 5.79. The SMILES string of the molecule is O=C(N[C@@H](CO)C(F)(F)F)OCC1c2ccccc2-c2ccccc21. The highest BCUT2D eigenvalue weighted by Gasteiger charge is 2.40. The largest absolute Gasteiger partial charge is 0.449 e. The molecule has 0 unspecified atom stereocenters. The minimum absolute atomic E-state index is 0.0874. The maximum atomic E-state index is 12.6. The average Bonchev–Trinajstić information content (AvgIpc) is 2.91. The molecular weight excluding hydrogens is 335 g/mol. The van der Waals surface area contributed by atoms with Crippen LogP contribution in [0.3, 0.4) is 0 Å². The number of nitrogens with one attached hydrogen (secondary N) is 1. The third kappa shape index (κ3) is 3.46. The van der Waals surface area contributed by atoms with Gasteiger partial charge in [-0.2, -0.15) is 13.2 Å². The van der Waals surface area contributed by atoms with Gasteiger partial charge in [-0.3, -0.25) is 0 Å². The second kappa shape index (κ2) is 6.76. The Morgan fingerprint density at radius 2 is 1.60 bits per heavy atom. The molecule has 132 valence electrons. The molecule has 0 heterocycles. The van der Waals surface area contributed by atoms with Gasteiger partial charge in [0.05, 0.1) is 6.61 Å². The average molecular weight is 351 g/mol. The van der Waals surface area contributed by atoms with E-state index in [4.69, 9.17) is 9.84 Å². The zero-order chi connectivity index (χ0) is 18.0. The number of carbonyl (C=O) groups excluding carboxylic acids is 1. The van der Waals surface area contributed by atoms with Crippen molar-refractivity contribution in [3.63, 3.8) is 0 Å². The van der Waals surface area contributed by atoms with Crippen LogP contribution in [0.25, 0.3) is 11.1 Å². The number of hydrogen-bond acceptors (Lipinski definition) is 3. The number of amides is 1. The predicted molar refractivity (Wildman–Crippen MR) is 85.1 cm³/mol. The Balaban J connectivity index is 1.72. The number of alkyl carbamates (subject to hydrolysis) is 1. The Hall–Kier alpha value is -2.54. The van der Waals surface area contributed by atoms with Crippen molar-refractivity contribution in [1.29, 1.82) is 0 Å². The number of benzene rings is 2. The van der Waals surface area contributed by atoms with Gasteiger partial charge in [-0.15, -0.1) is 0 Å². The Morgan fingerprint density at radius 3 is 2.08 bits per heavy atom. The zero-order valence-electron chi connectivity index (χ0n) is 13.1. The first kappa shape index (κ1) is 17.3. The van der Waals surface area contributed by atoms with Crippen LogP contribution in [0.4, 0.5) is 18.0 Å². The van der Waals surface area contributed by atoms with Gasteiger partial charge in [0.2, 0.25) is 0 Å². The summed E-state index contributed by atoms with van der Waals surface area (Å²) >= 11 is 0. The van der Waals surface area contributed by atoms with E-state index in [1.54, 1.807) is 5.32 Å². The topological polar surface area (TPSA) is 58.6 Å². The third-order valence-electron chi connectivity index (χ3n) is 4.21. The molecule has 2 aromatic carbocycles. The highest BCUT2D eigenvalue weighted by Crippen LogP contribution is 2.44. The predicted octanol–water partition coefficient (Wildman–Crippen LogP) is 3.45. The summed E-state index contributed by atoms with van der Waals surface area (Å²) in [6, 6.07) is 12.9. The Kier molecular flexibility index (Phi) is 4.67. The van der Waals surface area contributed by atoms with Crippen LogP contribution in [0, 0.1) is 0 Å². The van der Waals surface area contributed by atoms with Crippen molar-refractivity contribution in [1.82, 2.24) is 5.32 Å². The van der Waals surface area contributed by atoms with Gasteiger partial charge in [0.15, 0.2) is 6.04 Å². The second-order valence-electron chi connectivity index (χ2n) is 5.75. The van der Waals surface area contributed by atoms with Crippen molar-refractivity contribution in [2.24, 2.45) is 0 Å². The first-order valence-corrected chi connectivity index (χ1v) is 7.71. The molecule has 0 aromatic heterocycles. The molecule has 7 heteroatoms.